The number of sulfone groups is 1. The molecule has 7 heteroatoms. The fourth-order valence-corrected chi connectivity index (χ4v) is 3.78. The summed E-state index contributed by atoms with van der Waals surface area (Å²) < 4.78 is 29.2. The lowest BCUT2D eigenvalue weighted by molar-refractivity contribution is 0.0660. The number of piperidine rings is 1. The van der Waals surface area contributed by atoms with E-state index in [9.17, 15) is 13.2 Å². The first-order valence-electron chi connectivity index (χ1n) is 5.73. The van der Waals surface area contributed by atoms with E-state index < -0.39 is 15.8 Å². The van der Waals surface area contributed by atoms with Gasteiger partial charge in [-0.25, -0.2) is 13.2 Å². The van der Waals surface area contributed by atoms with Crippen molar-refractivity contribution in [3.8, 4) is 0 Å². The Morgan fingerprint density at radius 2 is 2.06 bits per heavy atom. The molecule has 1 aliphatic heterocycles. The van der Waals surface area contributed by atoms with Gasteiger partial charge in [0.1, 0.15) is 11.5 Å². The molecule has 0 aliphatic carbocycles. The van der Waals surface area contributed by atoms with E-state index in [2.05, 4.69) is 5.32 Å². The van der Waals surface area contributed by atoms with E-state index in [1.54, 1.807) is 0 Å². The number of hydrogen-bond donors (Lipinski definition) is 2. The van der Waals surface area contributed by atoms with Crippen molar-refractivity contribution in [1.29, 1.82) is 0 Å². The summed E-state index contributed by atoms with van der Waals surface area (Å²) in [4.78, 5) is 10.6. The third-order valence-electron chi connectivity index (χ3n) is 3.01. The highest BCUT2D eigenvalue weighted by Gasteiger charge is 2.28. The van der Waals surface area contributed by atoms with Crippen molar-refractivity contribution in [1.82, 2.24) is 5.32 Å². The first-order valence-corrected chi connectivity index (χ1v) is 7.45. The van der Waals surface area contributed by atoms with Crippen molar-refractivity contribution in [2.75, 3.05) is 13.1 Å². The second kappa shape index (κ2) is 5.11. The quantitative estimate of drug-likeness (QED) is 0.836. The Kier molecular flexibility index (Phi) is 3.72. The molecule has 0 aromatic carbocycles. The molecular formula is C11H15NO5S. The minimum absolute atomic E-state index is 0.186. The topological polar surface area (TPSA) is 96.6 Å². The van der Waals surface area contributed by atoms with E-state index in [-0.39, 0.29) is 22.5 Å². The van der Waals surface area contributed by atoms with Crippen LogP contribution in [0.1, 0.15) is 29.2 Å². The molecule has 0 saturated carbocycles. The molecule has 1 aromatic heterocycles. The van der Waals surface area contributed by atoms with Gasteiger partial charge in [0.25, 0.3) is 0 Å². The van der Waals surface area contributed by atoms with Crippen molar-refractivity contribution in [3.05, 3.63) is 23.7 Å². The Balaban J connectivity index is 2.08. The van der Waals surface area contributed by atoms with Crippen molar-refractivity contribution in [3.63, 3.8) is 0 Å². The zero-order chi connectivity index (χ0) is 13.2. The van der Waals surface area contributed by atoms with Crippen LogP contribution in [0.15, 0.2) is 16.5 Å². The van der Waals surface area contributed by atoms with Gasteiger partial charge in [0.05, 0.1) is 5.25 Å². The molecule has 2 N–H and O–H groups in total. The lowest BCUT2D eigenvalue weighted by Gasteiger charge is -2.22. The normalized spacial score (nSPS) is 17.8. The molecule has 0 unspecified atom stereocenters. The second-order valence-corrected chi connectivity index (χ2v) is 6.61. The Hall–Kier alpha value is -1.34. The highest BCUT2D eigenvalue weighted by atomic mass is 32.2. The molecule has 6 nitrogen and oxygen atoms in total. The van der Waals surface area contributed by atoms with Crippen molar-refractivity contribution >= 4 is 15.8 Å². The molecule has 1 fully saturated rings. The minimum Gasteiger partial charge on any atom is -0.475 e. The van der Waals surface area contributed by atoms with Crippen LogP contribution in [-0.2, 0) is 15.6 Å². The van der Waals surface area contributed by atoms with E-state index >= 15 is 0 Å². The van der Waals surface area contributed by atoms with Gasteiger partial charge >= 0.3 is 5.97 Å². The van der Waals surface area contributed by atoms with E-state index in [0.29, 0.717) is 25.9 Å². The molecule has 1 saturated heterocycles. The van der Waals surface area contributed by atoms with E-state index in [1.165, 1.54) is 12.1 Å². The fraction of sp³-hybridized carbons (Fsp3) is 0.545. The zero-order valence-electron chi connectivity index (χ0n) is 9.76. The second-order valence-electron chi connectivity index (χ2n) is 4.33. The molecular weight excluding hydrogens is 258 g/mol. The summed E-state index contributed by atoms with van der Waals surface area (Å²) in [5.74, 6) is -1.47. The summed E-state index contributed by atoms with van der Waals surface area (Å²) in [6, 6.07) is 2.68. The van der Waals surface area contributed by atoms with Crippen LogP contribution >= 0.6 is 0 Å². The van der Waals surface area contributed by atoms with Crippen LogP contribution in [0.25, 0.3) is 0 Å². The summed E-state index contributed by atoms with van der Waals surface area (Å²) in [5, 5.41) is 11.4. The first-order chi connectivity index (χ1) is 8.49. The molecule has 100 valence electrons. The predicted octanol–water partition coefficient (Wildman–Crippen LogP) is 0.645. The molecule has 18 heavy (non-hydrogen) atoms. The average molecular weight is 273 g/mol. The van der Waals surface area contributed by atoms with Crippen LogP contribution in [0.2, 0.25) is 0 Å². The molecule has 2 heterocycles. The maximum atomic E-state index is 12.1. The fourth-order valence-electron chi connectivity index (χ4n) is 2.04. The Bertz CT molecular complexity index is 527. The van der Waals surface area contributed by atoms with E-state index in [0.717, 1.165) is 0 Å². The summed E-state index contributed by atoms with van der Waals surface area (Å²) in [5.41, 5.74) is 0. The SMILES string of the molecule is O=C(O)c1ccc(CS(=O)(=O)C2CCNCC2)o1. The van der Waals surface area contributed by atoms with Crippen molar-refractivity contribution in [2.24, 2.45) is 0 Å². The van der Waals surface area contributed by atoms with Gasteiger partial charge in [0.2, 0.25) is 5.76 Å². The highest BCUT2D eigenvalue weighted by Crippen LogP contribution is 2.19. The Labute approximate surface area is 105 Å². The number of rotatable bonds is 4. The Morgan fingerprint density at radius 1 is 1.39 bits per heavy atom. The largest absolute Gasteiger partial charge is 0.475 e. The molecule has 0 bridgehead atoms. The third-order valence-corrected chi connectivity index (χ3v) is 5.18. The van der Waals surface area contributed by atoms with Crippen LogP contribution in [0.4, 0.5) is 0 Å². The number of carboxylic acids is 1. The summed E-state index contributed by atoms with van der Waals surface area (Å²) >= 11 is 0. The van der Waals surface area contributed by atoms with Crippen LogP contribution in [0.3, 0.4) is 0 Å². The molecule has 1 aliphatic rings. The van der Waals surface area contributed by atoms with Crippen LogP contribution < -0.4 is 5.32 Å². The van der Waals surface area contributed by atoms with Crippen LogP contribution in [0.5, 0.6) is 0 Å². The number of hydrogen-bond acceptors (Lipinski definition) is 5. The summed E-state index contributed by atoms with van der Waals surface area (Å²) in [6.07, 6.45) is 1.18. The maximum Gasteiger partial charge on any atom is 0.371 e. The number of carboxylic acid groups (broad SMARTS) is 1. The molecule has 0 radical (unpaired) electrons. The lowest BCUT2D eigenvalue weighted by Crippen LogP contribution is -2.36. The Morgan fingerprint density at radius 3 is 2.61 bits per heavy atom. The lowest BCUT2D eigenvalue weighted by atomic mass is 10.2. The summed E-state index contributed by atoms with van der Waals surface area (Å²) in [6.45, 7) is 1.39. The standard InChI is InChI=1S/C11H15NO5S/c13-11(14)10-2-1-8(17-10)7-18(15,16)9-3-5-12-6-4-9/h1-2,9,12H,3-7H2,(H,13,14). The van der Waals surface area contributed by atoms with Gasteiger partial charge in [-0.05, 0) is 38.1 Å². The number of nitrogens with one attached hydrogen (secondary N) is 1. The average Bonchev–Trinajstić information content (AvgIpc) is 2.78. The molecule has 1 aromatic rings. The van der Waals surface area contributed by atoms with Gasteiger partial charge in [0, 0.05) is 0 Å². The molecule has 0 spiro atoms. The van der Waals surface area contributed by atoms with Crippen LogP contribution in [-0.4, -0.2) is 37.8 Å². The van der Waals surface area contributed by atoms with E-state index in [1.807, 2.05) is 0 Å². The van der Waals surface area contributed by atoms with Gasteiger partial charge in [-0.1, -0.05) is 0 Å². The monoisotopic (exact) mass is 273 g/mol. The summed E-state index contributed by atoms with van der Waals surface area (Å²) in [7, 11) is -3.28. The minimum atomic E-state index is -3.28. The smallest absolute Gasteiger partial charge is 0.371 e. The van der Waals surface area contributed by atoms with Crippen molar-refractivity contribution < 1.29 is 22.7 Å². The van der Waals surface area contributed by atoms with Crippen molar-refractivity contribution in [2.45, 2.75) is 23.8 Å². The third kappa shape index (κ3) is 2.91. The maximum absolute atomic E-state index is 12.1. The molecule has 0 amide bonds. The van der Waals surface area contributed by atoms with Crippen LogP contribution in [0, 0.1) is 0 Å². The molecule has 2 rings (SSSR count). The molecule has 0 atom stereocenters. The first kappa shape index (κ1) is 13.1. The highest BCUT2D eigenvalue weighted by molar-refractivity contribution is 7.91. The number of aromatic carboxylic acids is 1. The van der Waals surface area contributed by atoms with Gasteiger partial charge in [-0.15, -0.1) is 0 Å². The van der Waals surface area contributed by atoms with Gasteiger partial charge in [-0.2, -0.15) is 0 Å². The van der Waals surface area contributed by atoms with Gasteiger partial charge in [-0.3, -0.25) is 0 Å². The number of carbonyl (C=O) groups is 1. The van der Waals surface area contributed by atoms with Gasteiger partial charge < -0.3 is 14.8 Å². The predicted molar refractivity (Wildman–Crippen MR) is 64.2 cm³/mol. The van der Waals surface area contributed by atoms with E-state index in [4.69, 9.17) is 9.52 Å². The number of furan rings is 1. The van der Waals surface area contributed by atoms with Gasteiger partial charge in [0.15, 0.2) is 9.84 Å². The zero-order valence-corrected chi connectivity index (χ0v) is 10.6.